The van der Waals surface area contributed by atoms with Gasteiger partial charge >= 0.3 is 0 Å². The number of aromatic nitrogens is 2. The monoisotopic (exact) mass is 202 g/mol. The van der Waals surface area contributed by atoms with Gasteiger partial charge in [-0.05, 0) is 24.0 Å². The Morgan fingerprint density at radius 3 is 2.47 bits per heavy atom. The number of hydrogen-bond acceptors (Lipinski definition) is 1. The third-order valence-corrected chi connectivity index (χ3v) is 2.74. The molecular weight excluding hydrogens is 184 g/mol. The number of aromatic amines is 1. The zero-order chi connectivity index (χ0) is 11.0. The van der Waals surface area contributed by atoms with E-state index in [1.54, 1.807) is 0 Å². The number of fused-ring (bicyclic) bond motifs is 1. The fourth-order valence-corrected chi connectivity index (χ4v) is 1.84. The van der Waals surface area contributed by atoms with Gasteiger partial charge in [-0.3, -0.25) is 4.98 Å². The average molecular weight is 202 g/mol. The molecule has 1 N–H and O–H groups in total. The number of pyridine rings is 1. The second-order valence-electron chi connectivity index (χ2n) is 4.68. The Bertz CT molecular complexity index is 466. The van der Waals surface area contributed by atoms with Crippen LogP contribution in [0.3, 0.4) is 0 Å². The van der Waals surface area contributed by atoms with Gasteiger partial charge in [-0.2, -0.15) is 0 Å². The predicted octanol–water partition coefficient (Wildman–Crippen LogP) is 3.81. The summed E-state index contributed by atoms with van der Waals surface area (Å²) in [5.41, 5.74) is 3.59. The van der Waals surface area contributed by atoms with Crippen LogP contribution < -0.4 is 0 Å². The summed E-state index contributed by atoms with van der Waals surface area (Å²) in [5, 5.41) is 1.26. The quantitative estimate of drug-likeness (QED) is 0.788. The van der Waals surface area contributed by atoms with Crippen molar-refractivity contribution in [3.63, 3.8) is 0 Å². The molecule has 0 saturated carbocycles. The topological polar surface area (TPSA) is 28.7 Å². The van der Waals surface area contributed by atoms with Gasteiger partial charge in [0.05, 0.1) is 5.69 Å². The second-order valence-corrected chi connectivity index (χ2v) is 4.68. The number of H-pyrrole nitrogens is 1. The first-order valence-electron chi connectivity index (χ1n) is 5.57. The molecule has 2 rings (SSSR count). The maximum Gasteiger partial charge on any atom is 0.0526 e. The van der Waals surface area contributed by atoms with E-state index in [2.05, 4.69) is 44.8 Å². The fourth-order valence-electron chi connectivity index (χ4n) is 1.84. The fraction of sp³-hybridized carbons (Fsp3) is 0.462. The van der Waals surface area contributed by atoms with E-state index in [1.165, 1.54) is 22.3 Å². The van der Waals surface area contributed by atoms with E-state index >= 15 is 0 Å². The van der Waals surface area contributed by atoms with E-state index in [1.807, 2.05) is 6.20 Å². The third kappa shape index (κ3) is 1.76. The van der Waals surface area contributed by atoms with Crippen LogP contribution in [0.15, 0.2) is 18.3 Å². The van der Waals surface area contributed by atoms with Gasteiger partial charge in [-0.25, -0.2) is 0 Å². The molecule has 0 radical (unpaired) electrons. The lowest BCUT2D eigenvalue weighted by Crippen LogP contribution is -2.00. The molecule has 0 aliphatic rings. The average Bonchev–Trinajstić information content (AvgIpc) is 2.62. The summed E-state index contributed by atoms with van der Waals surface area (Å²) >= 11 is 0. The van der Waals surface area contributed by atoms with E-state index in [0.717, 1.165) is 0 Å². The van der Waals surface area contributed by atoms with Crippen LogP contribution >= 0.6 is 0 Å². The molecule has 0 amide bonds. The first-order chi connectivity index (χ1) is 7.09. The zero-order valence-corrected chi connectivity index (χ0v) is 9.83. The molecule has 2 heteroatoms. The lowest BCUT2D eigenvalue weighted by Gasteiger charge is -2.11. The number of rotatable bonds is 2. The summed E-state index contributed by atoms with van der Waals surface area (Å²) in [4.78, 5) is 8.02. The Labute approximate surface area is 90.7 Å². The van der Waals surface area contributed by atoms with Gasteiger partial charge in [0.1, 0.15) is 0 Å². The van der Waals surface area contributed by atoms with Gasteiger partial charge < -0.3 is 4.98 Å². The van der Waals surface area contributed by atoms with E-state index < -0.39 is 0 Å². The molecule has 15 heavy (non-hydrogen) atoms. The highest BCUT2D eigenvalue weighted by Crippen LogP contribution is 2.26. The summed E-state index contributed by atoms with van der Waals surface area (Å²) in [6, 6.07) is 4.27. The third-order valence-electron chi connectivity index (χ3n) is 2.74. The lowest BCUT2D eigenvalue weighted by molar-refractivity contribution is 0.774. The molecule has 0 spiro atoms. The van der Waals surface area contributed by atoms with Gasteiger partial charge in [0.15, 0.2) is 0 Å². The molecule has 0 unspecified atom stereocenters. The van der Waals surface area contributed by atoms with Gasteiger partial charge in [0.2, 0.25) is 0 Å². The van der Waals surface area contributed by atoms with Crippen LogP contribution in [0.1, 0.15) is 50.9 Å². The van der Waals surface area contributed by atoms with Gasteiger partial charge in [0.25, 0.3) is 0 Å². The molecule has 2 aromatic rings. The largest absolute Gasteiger partial charge is 0.361 e. The number of nitrogens with one attached hydrogen (secondary N) is 1. The molecule has 0 aliphatic carbocycles. The van der Waals surface area contributed by atoms with Gasteiger partial charge in [-0.1, -0.05) is 27.7 Å². The van der Waals surface area contributed by atoms with Crippen molar-refractivity contribution in [3.8, 4) is 0 Å². The minimum absolute atomic E-state index is 0.474. The molecule has 0 aliphatic heterocycles. The van der Waals surface area contributed by atoms with Crippen molar-refractivity contribution in [2.75, 3.05) is 0 Å². The van der Waals surface area contributed by atoms with Crippen LogP contribution in [0.25, 0.3) is 10.9 Å². The number of nitrogens with zero attached hydrogens (tertiary/aromatic N) is 1. The zero-order valence-electron chi connectivity index (χ0n) is 9.83. The van der Waals surface area contributed by atoms with Crippen LogP contribution in [-0.2, 0) is 0 Å². The van der Waals surface area contributed by atoms with Crippen molar-refractivity contribution in [1.29, 1.82) is 0 Å². The van der Waals surface area contributed by atoms with Crippen LogP contribution in [0, 0.1) is 0 Å². The molecule has 80 valence electrons. The van der Waals surface area contributed by atoms with E-state index in [0.29, 0.717) is 11.8 Å². The smallest absolute Gasteiger partial charge is 0.0526 e. The highest BCUT2D eigenvalue weighted by atomic mass is 14.8. The molecule has 2 nitrogen and oxygen atoms in total. The maximum absolute atomic E-state index is 4.75. The van der Waals surface area contributed by atoms with Crippen molar-refractivity contribution in [2.45, 2.75) is 39.5 Å². The Hall–Kier alpha value is -1.31. The molecule has 0 fully saturated rings. The maximum atomic E-state index is 4.75. The molecule has 2 heterocycles. The van der Waals surface area contributed by atoms with Gasteiger partial charge in [-0.15, -0.1) is 0 Å². The Balaban J connectivity index is 2.69. The molecule has 0 saturated heterocycles. The minimum Gasteiger partial charge on any atom is -0.361 e. The molecule has 2 aromatic heterocycles. The molecule has 0 aromatic carbocycles. The first kappa shape index (κ1) is 10.2. The summed E-state index contributed by atoms with van der Waals surface area (Å²) < 4.78 is 0. The minimum atomic E-state index is 0.474. The lowest BCUT2D eigenvalue weighted by atomic mass is 10.0. The van der Waals surface area contributed by atoms with E-state index in [4.69, 9.17) is 4.98 Å². The molecular formula is C13H18N2. The summed E-state index contributed by atoms with van der Waals surface area (Å²) in [7, 11) is 0. The number of hydrogen-bond donors (Lipinski definition) is 1. The second kappa shape index (κ2) is 3.69. The standard InChI is InChI=1S/C13H18N2/c1-8(2)11-7-12-10(5-6-14-12)13(15-11)9(3)4/h5-9,14H,1-4H3. The Morgan fingerprint density at radius 1 is 1.13 bits per heavy atom. The molecule has 0 atom stereocenters. The highest BCUT2D eigenvalue weighted by molar-refractivity contribution is 5.82. The van der Waals surface area contributed by atoms with Crippen molar-refractivity contribution in [2.24, 2.45) is 0 Å². The SMILES string of the molecule is CC(C)c1cc2[nH]ccc2c(C(C)C)n1. The van der Waals surface area contributed by atoms with Crippen molar-refractivity contribution in [1.82, 2.24) is 9.97 Å². The van der Waals surface area contributed by atoms with Gasteiger partial charge in [0, 0.05) is 22.8 Å². The van der Waals surface area contributed by atoms with Crippen LogP contribution in [0.4, 0.5) is 0 Å². The van der Waals surface area contributed by atoms with E-state index in [9.17, 15) is 0 Å². The van der Waals surface area contributed by atoms with Crippen molar-refractivity contribution < 1.29 is 0 Å². The first-order valence-corrected chi connectivity index (χ1v) is 5.57. The van der Waals surface area contributed by atoms with Crippen molar-refractivity contribution in [3.05, 3.63) is 29.7 Å². The Morgan fingerprint density at radius 2 is 1.87 bits per heavy atom. The predicted molar refractivity (Wildman–Crippen MR) is 64.3 cm³/mol. The van der Waals surface area contributed by atoms with Crippen LogP contribution in [0.2, 0.25) is 0 Å². The normalized spacial score (nSPS) is 11.9. The summed E-state index contributed by atoms with van der Waals surface area (Å²) in [5.74, 6) is 0.956. The Kier molecular flexibility index (Phi) is 2.51. The summed E-state index contributed by atoms with van der Waals surface area (Å²) in [6.45, 7) is 8.75. The molecule has 0 bridgehead atoms. The van der Waals surface area contributed by atoms with Crippen LogP contribution in [0.5, 0.6) is 0 Å². The van der Waals surface area contributed by atoms with E-state index in [-0.39, 0.29) is 0 Å². The van der Waals surface area contributed by atoms with Crippen molar-refractivity contribution >= 4 is 10.9 Å². The van der Waals surface area contributed by atoms with Crippen LogP contribution in [-0.4, -0.2) is 9.97 Å². The summed E-state index contributed by atoms with van der Waals surface area (Å²) in [6.07, 6.45) is 1.99. The highest BCUT2D eigenvalue weighted by Gasteiger charge is 2.11.